The van der Waals surface area contributed by atoms with Gasteiger partial charge < -0.3 is 0 Å². The number of allylic oxidation sites excluding steroid dienone is 1. The maximum absolute atomic E-state index is 2.42. The van der Waals surface area contributed by atoms with E-state index < -0.39 is 0 Å². The summed E-state index contributed by atoms with van der Waals surface area (Å²) in [6.07, 6.45) is 8.70. The maximum atomic E-state index is 2.42. The van der Waals surface area contributed by atoms with Crippen molar-refractivity contribution in [3.63, 3.8) is 0 Å². The molecule has 0 heterocycles. The van der Waals surface area contributed by atoms with E-state index in [0.717, 1.165) is 0 Å². The zero-order chi connectivity index (χ0) is 12.9. The maximum Gasteiger partial charge on any atom is -0.00989 e. The first-order chi connectivity index (χ1) is 9.43. The van der Waals surface area contributed by atoms with E-state index in [0.29, 0.717) is 11.8 Å². The van der Waals surface area contributed by atoms with E-state index in [-0.39, 0.29) is 0 Å². The Morgan fingerprint density at radius 3 is 2.21 bits per heavy atom. The van der Waals surface area contributed by atoms with Gasteiger partial charge in [0.15, 0.2) is 0 Å². The van der Waals surface area contributed by atoms with Gasteiger partial charge in [0, 0.05) is 0 Å². The van der Waals surface area contributed by atoms with Gasteiger partial charge in [-0.1, -0.05) is 79.2 Å². The van der Waals surface area contributed by atoms with E-state index in [1.54, 1.807) is 0 Å². The van der Waals surface area contributed by atoms with Crippen LogP contribution in [0.5, 0.6) is 0 Å². The number of benzene rings is 2. The second kappa shape index (κ2) is 5.88. The minimum Gasteiger partial charge on any atom is -0.0802 e. The zero-order valence-electron chi connectivity index (χ0n) is 11.2. The molecule has 0 nitrogen and oxygen atoms in total. The quantitative estimate of drug-likeness (QED) is 0.693. The Balaban J connectivity index is 1.75. The lowest BCUT2D eigenvalue weighted by molar-refractivity contribution is 0.593. The normalized spacial score (nSPS) is 22.9. The van der Waals surface area contributed by atoms with Crippen molar-refractivity contribution < 1.29 is 0 Å². The highest BCUT2D eigenvalue weighted by molar-refractivity contribution is 5.49. The fraction of sp³-hybridized carbons (Fsp3) is 0.263. The van der Waals surface area contributed by atoms with Gasteiger partial charge in [-0.25, -0.2) is 0 Å². The Morgan fingerprint density at radius 2 is 1.47 bits per heavy atom. The molecule has 0 aromatic heterocycles. The summed E-state index contributed by atoms with van der Waals surface area (Å²) < 4.78 is 0. The average Bonchev–Trinajstić information content (AvgIpc) is 2.95. The first-order valence-electron chi connectivity index (χ1n) is 7.22. The molecule has 3 rings (SSSR count). The van der Waals surface area contributed by atoms with Crippen LogP contribution >= 0.6 is 0 Å². The van der Waals surface area contributed by atoms with Gasteiger partial charge in [0.2, 0.25) is 0 Å². The van der Waals surface area contributed by atoms with Gasteiger partial charge in [-0.05, 0) is 35.8 Å². The topological polar surface area (TPSA) is 0 Å². The van der Waals surface area contributed by atoms with Crippen molar-refractivity contribution in [2.24, 2.45) is 5.92 Å². The monoisotopic (exact) mass is 248 g/mol. The second-order valence-electron chi connectivity index (χ2n) is 5.38. The Hall–Kier alpha value is -1.82. The summed E-state index contributed by atoms with van der Waals surface area (Å²) >= 11 is 0. The molecule has 2 aromatic carbocycles. The molecule has 0 heteroatoms. The van der Waals surface area contributed by atoms with Crippen molar-refractivity contribution in [2.45, 2.75) is 25.2 Å². The fourth-order valence-electron chi connectivity index (χ4n) is 3.13. The number of hydrogen-bond acceptors (Lipinski definition) is 0. The molecule has 0 saturated heterocycles. The number of hydrogen-bond donors (Lipinski definition) is 0. The average molecular weight is 248 g/mol. The lowest BCUT2D eigenvalue weighted by Gasteiger charge is -2.16. The first kappa shape index (κ1) is 12.2. The van der Waals surface area contributed by atoms with Crippen LogP contribution in [0.25, 0.3) is 6.08 Å². The molecule has 0 aliphatic heterocycles. The molecule has 2 aromatic rings. The van der Waals surface area contributed by atoms with Crippen LogP contribution in [-0.4, -0.2) is 0 Å². The lowest BCUT2D eigenvalue weighted by Crippen LogP contribution is -2.02. The van der Waals surface area contributed by atoms with Crippen LogP contribution in [0.15, 0.2) is 66.7 Å². The van der Waals surface area contributed by atoms with E-state index >= 15 is 0 Å². The molecule has 1 fully saturated rings. The lowest BCUT2D eigenvalue weighted by atomic mass is 9.88. The van der Waals surface area contributed by atoms with E-state index in [1.807, 2.05) is 0 Å². The van der Waals surface area contributed by atoms with Crippen LogP contribution in [-0.2, 0) is 0 Å². The molecule has 19 heavy (non-hydrogen) atoms. The summed E-state index contributed by atoms with van der Waals surface area (Å²) in [5.74, 6) is 1.41. The van der Waals surface area contributed by atoms with Gasteiger partial charge in [-0.2, -0.15) is 0 Å². The van der Waals surface area contributed by atoms with Crippen molar-refractivity contribution >= 4 is 6.08 Å². The molecule has 2 atom stereocenters. The molecule has 0 radical (unpaired) electrons. The Labute approximate surface area is 115 Å². The molecule has 1 aliphatic carbocycles. The zero-order valence-corrected chi connectivity index (χ0v) is 11.2. The SMILES string of the molecule is C(=C\C1CCCC1c1ccccc1)/c1ccccc1. The van der Waals surface area contributed by atoms with E-state index in [4.69, 9.17) is 0 Å². The van der Waals surface area contributed by atoms with Crippen molar-refractivity contribution in [1.29, 1.82) is 0 Å². The smallest absolute Gasteiger partial charge is 0.00989 e. The molecule has 0 N–H and O–H groups in total. The highest BCUT2D eigenvalue weighted by Crippen LogP contribution is 2.40. The molecular formula is C19H20. The molecule has 0 amide bonds. The second-order valence-corrected chi connectivity index (χ2v) is 5.38. The van der Waals surface area contributed by atoms with E-state index in [2.05, 4.69) is 72.8 Å². The Morgan fingerprint density at radius 1 is 0.789 bits per heavy atom. The summed E-state index contributed by atoms with van der Waals surface area (Å²) in [5.41, 5.74) is 2.81. The van der Waals surface area contributed by atoms with Gasteiger partial charge in [-0.15, -0.1) is 0 Å². The predicted octanol–water partition coefficient (Wildman–Crippen LogP) is 5.28. The fourth-order valence-corrected chi connectivity index (χ4v) is 3.13. The third-order valence-corrected chi connectivity index (χ3v) is 4.13. The highest BCUT2D eigenvalue weighted by atomic mass is 14.3. The van der Waals surface area contributed by atoms with Gasteiger partial charge in [0.25, 0.3) is 0 Å². The standard InChI is InChI=1S/C19H20/c1-3-8-16(9-4-1)14-15-18-12-7-13-19(18)17-10-5-2-6-11-17/h1-6,8-11,14-15,18-19H,7,12-13H2/b15-14+. The predicted molar refractivity (Wildman–Crippen MR) is 82.0 cm³/mol. The van der Waals surface area contributed by atoms with Crippen LogP contribution in [0.3, 0.4) is 0 Å². The highest BCUT2D eigenvalue weighted by Gasteiger charge is 2.26. The molecule has 1 aliphatic rings. The third kappa shape index (κ3) is 2.96. The van der Waals surface area contributed by atoms with Crippen LogP contribution in [0, 0.1) is 5.92 Å². The molecular weight excluding hydrogens is 228 g/mol. The van der Waals surface area contributed by atoms with Crippen molar-refractivity contribution in [2.75, 3.05) is 0 Å². The summed E-state index contributed by atoms with van der Waals surface area (Å²) in [5, 5.41) is 0. The summed E-state index contributed by atoms with van der Waals surface area (Å²) in [7, 11) is 0. The molecule has 96 valence electrons. The van der Waals surface area contributed by atoms with E-state index in [9.17, 15) is 0 Å². The van der Waals surface area contributed by atoms with E-state index in [1.165, 1.54) is 30.4 Å². The molecule has 0 spiro atoms. The van der Waals surface area contributed by atoms with Crippen molar-refractivity contribution in [3.05, 3.63) is 77.9 Å². The Bertz CT molecular complexity index is 524. The van der Waals surface area contributed by atoms with Gasteiger partial charge in [0.05, 0.1) is 0 Å². The minimum absolute atomic E-state index is 0.697. The van der Waals surface area contributed by atoms with Crippen LogP contribution in [0.4, 0.5) is 0 Å². The minimum atomic E-state index is 0.697. The first-order valence-corrected chi connectivity index (χ1v) is 7.22. The van der Waals surface area contributed by atoms with Crippen LogP contribution in [0.1, 0.15) is 36.3 Å². The molecule has 2 unspecified atom stereocenters. The van der Waals surface area contributed by atoms with Crippen molar-refractivity contribution in [3.8, 4) is 0 Å². The van der Waals surface area contributed by atoms with Crippen LogP contribution < -0.4 is 0 Å². The Kier molecular flexibility index (Phi) is 3.78. The summed E-state index contributed by atoms with van der Waals surface area (Å²) in [4.78, 5) is 0. The largest absolute Gasteiger partial charge is 0.0802 e. The third-order valence-electron chi connectivity index (χ3n) is 4.13. The van der Waals surface area contributed by atoms with Crippen LogP contribution in [0.2, 0.25) is 0 Å². The van der Waals surface area contributed by atoms with Gasteiger partial charge in [-0.3, -0.25) is 0 Å². The van der Waals surface area contributed by atoms with Gasteiger partial charge in [0.1, 0.15) is 0 Å². The summed E-state index contributed by atoms with van der Waals surface area (Å²) in [6.45, 7) is 0. The number of rotatable bonds is 3. The van der Waals surface area contributed by atoms with Gasteiger partial charge >= 0.3 is 0 Å². The molecule has 1 saturated carbocycles. The molecule has 0 bridgehead atoms. The van der Waals surface area contributed by atoms with Crippen molar-refractivity contribution in [1.82, 2.24) is 0 Å². The summed E-state index contributed by atoms with van der Waals surface area (Å²) in [6, 6.07) is 21.6.